The van der Waals surface area contributed by atoms with Crippen molar-refractivity contribution in [3.63, 3.8) is 0 Å². The fourth-order valence-corrected chi connectivity index (χ4v) is 3.43. The lowest BCUT2D eigenvalue weighted by Gasteiger charge is -2.13. The minimum Gasteiger partial charge on any atom is -0.462 e. The molecular weight excluding hydrogens is 346 g/mol. The zero-order valence-electron chi connectivity index (χ0n) is 11.3. The molecule has 1 aromatic carbocycles. The van der Waals surface area contributed by atoms with Crippen LogP contribution in [0.2, 0.25) is 0 Å². The molecule has 0 unspecified atom stereocenters. The lowest BCUT2D eigenvalue weighted by atomic mass is 10.2. The SMILES string of the molecule is CN(C)S(=O)(=O)c1cc(C(=O)OCC2CC2)ccc1Br. The molecule has 0 heterocycles. The maximum absolute atomic E-state index is 12.1. The van der Waals surface area contributed by atoms with Crippen LogP contribution in [0.3, 0.4) is 0 Å². The van der Waals surface area contributed by atoms with E-state index in [0.29, 0.717) is 17.0 Å². The van der Waals surface area contributed by atoms with Gasteiger partial charge in [0, 0.05) is 18.6 Å². The summed E-state index contributed by atoms with van der Waals surface area (Å²) in [6.45, 7) is 0.407. The van der Waals surface area contributed by atoms with Gasteiger partial charge in [0.1, 0.15) is 0 Å². The van der Waals surface area contributed by atoms with Gasteiger partial charge in [0.25, 0.3) is 0 Å². The fourth-order valence-electron chi connectivity index (χ4n) is 1.59. The third-order valence-electron chi connectivity index (χ3n) is 3.07. The highest BCUT2D eigenvalue weighted by Crippen LogP contribution is 2.29. The van der Waals surface area contributed by atoms with E-state index < -0.39 is 16.0 Å². The fraction of sp³-hybridized carbons (Fsp3) is 0.462. The molecule has 5 nitrogen and oxygen atoms in total. The molecule has 110 valence electrons. The molecular formula is C13H16BrNO4S. The molecule has 0 aromatic heterocycles. The normalized spacial score (nSPS) is 15.4. The van der Waals surface area contributed by atoms with Gasteiger partial charge >= 0.3 is 5.97 Å². The third kappa shape index (κ3) is 3.39. The monoisotopic (exact) mass is 361 g/mol. The summed E-state index contributed by atoms with van der Waals surface area (Å²) in [7, 11) is -0.715. The molecule has 2 rings (SSSR count). The molecule has 1 fully saturated rings. The Bertz CT molecular complexity index is 623. The zero-order valence-corrected chi connectivity index (χ0v) is 13.7. The van der Waals surface area contributed by atoms with E-state index >= 15 is 0 Å². The number of carbonyl (C=O) groups excluding carboxylic acids is 1. The first kappa shape index (κ1) is 15.5. The van der Waals surface area contributed by atoms with Crippen LogP contribution >= 0.6 is 15.9 Å². The average molecular weight is 362 g/mol. The lowest BCUT2D eigenvalue weighted by Crippen LogP contribution is -2.23. The van der Waals surface area contributed by atoms with Gasteiger partial charge in [-0.25, -0.2) is 17.5 Å². The number of ether oxygens (including phenoxy) is 1. The van der Waals surface area contributed by atoms with E-state index in [-0.39, 0.29) is 10.5 Å². The van der Waals surface area contributed by atoms with E-state index in [9.17, 15) is 13.2 Å². The van der Waals surface area contributed by atoms with Crippen LogP contribution in [0.15, 0.2) is 27.6 Å². The number of sulfonamides is 1. The van der Waals surface area contributed by atoms with Crippen LogP contribution < -0.4 is 0 Å². The number of hydrogen-bond acceptors (Lipinski definition) is 4. The van der Waals surface area contributed by atoms with Gasteiger partial charge in [-0.3, -0.25) is 0 Å². The van der Waals surface area contributed by atoms with Gasteiger partial charge < -0.3 is 4.74 Å². The van der Waals surface area contributed by atoms with Crippen LogP contribution in [0.1, 0.15) is 23.2 Å². The Labute approximate surface area is 127 Å². The zero-order chi connectivity index (χ0) is 14.9. The third-order valence-corrected chi connectivity index (χ3v) is 5.88. The summed E-state index contributed by atoms with van der Waals surface area (Å²) in [6, 6.07) is 4.44. The molecule has 0 bridgehead atoms. The smallest absolute Gasteiger partial charge is 0.338 e. The summed E-state index contributed by atoms with van der Waals surface area (Å²) >= 11 is 3.20. The van der Waals surface area contributed by atoms with Gasteiger partial charge in [0.05, 0.1) is 17.1 Å². The van der Waals surface area contributed by atoms with Crippen LogP contribution in [0, 0.1) is 5.92 Å². The first-order valence-corrected chi connectivity index (χ1v) is 8.45. The predicted molar refractivity (Wildman–Crippen MR) is 78.0 cm³/mol. The van der Waals surface area contributed by atoms with Crippen LogP contribution in [-0.2, 0) is 14.8 Å². The highest BCUT2D eigenvalue weighted by atomic mass is 79.9. The maximum Gasteiger partial charge on any atom is 0.338 e. The minimum absolute atomic E-state index is 0.0587. The molecule has 0 saturated heterocycles. The second-order valence-electron chi connectivity index (χ2n) is 4.97. The number of esters is 1. The summed E-state index contributed by atoms with van der Waals surface area (Å²) in [5.41, 5.74) is 0.245. The van der Waals surface area contributed by atoms with E-state index in [1.165, 1.54) is 20.2 Å². The highest BCUT2D eigenvalue weighted by Gasteiger charge is 2.25. The molecule has 0 spiro atoms. The van der Waals surface area contributed by atoms with Gasteiger partial charge in [0.2, 0.25) is 10.0 Å². The van der Waals surface area contributed by atoms with Crippen molar-refractivity contribution in [2.75, 3.05) is 20.7 Å². The summed E-state index contributed by atoms with van der Waals surface area (Å²) in [5, 5.41) is 0. The summed E-state index contributed by atoms with van der Waals surface area (Å²) in [4.78, 5) is 11.9. The molecule has 1 aliphatic carbocycles. The number of benzene rings is 1. The summed E-state index contributed by atoms with van der Waals surface area (Å²) in [5.74, 6) is -0.0148. The second-order valence-corrected chi connectivity index (χ2v) is 7.95. The van der Waals surface area contributed by atoms with E-state index in [4.69, 9.17) is 4.74 Å². The molecule has 0 amide bonds. The van der Waals surface area contributed by atoms with Crippen LogP contribution in [-0.4, -0.2) is 39.4 Å². The standard InChI is InChI=1S/C13H16BrNO4S/c1-15(2)20(17,18)12-7-10(5-6-11(12)14)13(16)19-8-9-3-4-9/h5-7,9H,3-4,8H2,1-2H3. The van der Waals surface area contributed by atoms with Crippen molar-refractivity contribution in [3.8, 4) is 0 Å². The summed E-state index contributed by atoms with van der Waals surface area (Å²) in [6.07, 6.45) is 2.18. The van der Waals surface area contributed by atoms with E-state index in [0.717, 1.165) is 17.1 Å². The lowest BCUT2D eigenvalue weighted by molar-refractivity contribution is 0.0486. The molecule has 7 heteroatoms. The van der Waals surface area contributed by atoms with Crippen molar-refractivity contribution in [2.45, 2.75) is 17.7 Å². The maximum atomic E-state index is 12.1. The summed E-state index contributed by atoms with van der Waals surface area (Å²) < 4.78 is 31.0. The predicted octanol–water partition coefficient (Wildman–Crippen LogP) is 2.27. The Kier molecular flexibility index (Phi) is 4.51. The highest BCUT2D eigenvalue weighted by molar-refractivity contribution is 9.10. The Balaban J connectivity index is 2.25. The van der Waals surface area contributed by atoms with Gasteiger partial charge in [-0.05, 0) is 52.9 Å². The number of carbonyl (C=O) groups is 1. The van der Waals surface area contributed by atoms with Gasteiger partial charge in [-0.15, -0.1) is 0 Å². The van der Waals surface area contributed by atoms with Gasteiger partial charge in [0.15, 0.2) is 0 Å². The molecule has 0 aliphatic heterocycles. The molecule has 20 heavy (non-hydrogen) atoms. The molecule has 0 N–H and O–H groups in total. The van der Waals surface area contributed by atoms with Crippen LogP contribution in [0.5, 0.6) is 0 Å². The van der Waals surface area contributed by atoms with E-state index in [1.54, 1.807) is 12.1 Å². The number of hydrogen-bond donors (Lipinski definition) is 0. The topological polar surface area (TPSA) is 63.7 Å². The van der Waals surface area contributed by atoms with Crippen molar-refractivity contribution in [3.05, 3.63) is 28.2 Å². The Morgan fingerprint density at radius 2 is 2.05 bits per heavy atom. The quantitative estimate of drug-likeness (QED) is 0.754. The van der Waals surface area contributed by atoms with Crippen molar-refractivity contribution in [1.82, 2.24) is 4.31 Å². The first-order chi connectivity index (χ1) is 9.32. The Morgan fingerprint density at radius 3 is 2.60 bits per heavy atom. The van der Waals surface area contributed by atoms with Crippen molar-refractivity contribution >= 4 is 31.9 Å². The van der Waals surface area contributed by atoms with E-state index in [2.05, 4.69) is 15.9 Å². The van der Waals surface area contributed by atoms with Crippen molar-refractivity contribution < 1.29 is 17.9 Å². The van der Waals surface area contributed by atoms with Gasteiger partial charge in [-0.2, -0.15) is 0 Å². The van der Waals surface area contributed by atoms with Gasteiger partial charge in [-0.1, -0.05) is 0 Å². The number of rotatable bonds is 5. The van der Waals surface area contributed by atoms with Crippen molar-refractivity contribution in [2.24, 2.45) is 5.92 Å². The Morgan fingerprint density at radius 1 is 1.40 bits per heavy atom. The molecule has 0 atom stereocenters. The average Bonchev–Trinajstić information content (AvgIpc) is 3.20. The van der Waals surface area contributed by atoms with Crippen LogP contribution in [0.4, 0.5) is 0 Å². The molecule has 1 aromatic rings. The first-order valence-electron chi connectivity index (χ1n) is 6.21. The molecule has 0 radical (unpaired) electrons. The number of halogens is 1. The van der Waals surface area contributed by atoms with Crippen molar-refractivity contribution in [1.29, 1.82) is 0 Å². The molecule has 1 saturated carbocycles. The minimum atomic E-state index is -3.60. The van der Waals surface area contributed by atoms with Crippen LogP contribution in [0.25, 0.3) is 0 Å². The number of nitrogens with zero attached hydrogens (tertiary/aromatic N) is 1. The second kappa shape index (κ2) is 5.83. The Hall–Kier alpha value is -0.920. The largest absolute Gasteiger partial charge is 0.462 e. The molecule has 1 aliphatic rings. The van der Waals surface area contributed by atoms with E-state index in [1.807, 2.05) is 0 Å².